The quantitative estimate of drug-likeness (QED) is 0.320. The largest absolute Gasteiger partial charge is 0.496 e. The summed E-state index contributed by atoms with van der Waals surface area (Å²) in [6.07, 6.45) is 7.00. The molecule has 4 heteroatoms. The SMILES string of the molecule is COc1c(C)cc(P(C2=CC=CC2[C@H](c2ccccc2)N(C)C)c2cc(C)c(OC)c(C)c2)cc1C. The fraction of sp³-hybridized carbons (Fsp3) is 0.312. The highest BCUT2D eigenvalue weighted by Crippen LogP contribution is 2.54. The molecule has 0 radical (unpaired) electrons. The lowest BCUT2D eigenvalue weighted by molar-refractivity contribution is 0.265. The molecule has 0 aromatic heterocycles. The van der Waals surface area contributed by atoms with E-state index in [0.29, 0.717) is 0 Å². The summed E-state index contributed by atoms with van der Waals surface area (Å²) in [4.78, 5) is 2.35. The molecule has 1 aliphatic carbocycles. The van der Waals surface area contributed by atoms with Gasteiger partial charge >= 0.3 is 0 Å². The molecule has 0 bridgehead atoms. The first-order valence-corrected chi connectivity index (χ1v) is 13.8. The zero-order chi connectivity index (χ0) is 26.0. The third kappa shape index (κ3) is 5.01. The number of hydrogen-bond acceptors (Lipinski definition) is 3. The van der Waals surface area contributed by atoms with Gasteiger partial charge < -0.3 is 14.4 Å². The van der Waals surface area contributed by atoms with E-state index in [1.54, 1.807) is 14.2 Å². The second kappa shape index (κ2) is 11.0. The minimum absolute atomic E-state index is 0.252. The van der Waals surface area contributed by atoms with Gasteiger partial charge in [-0.15, -0.1) is 0 Å². The first-order chi connectivity index (χ1) is 17.3. The van der Waals surface area contributed by atoms with E-state index >= 15 is 0 Å². The van der Waals surface area contributed by atoms with Crippen molar-refractivity contribution >= 4 is 18.5 Å². The van der Waals surface area contributed by atoms with E-state index in [-0.39, 0.29) is 12.0 Å². The predicted octanol–water partition coefficient (Wildman–Crippen LogP) is 6.74. The summed E-state index contributed by atoms with van der Waals surface area (Å²) in [7, 11) is 7.12. The maximum atomic E-state index is 5.72. The van der Waals surface area contributed by atoms with E-state index in [2.05, 4.69) is 120 Å². The maximum absolute atomic E-state index is 5.72. The molecule has 0 N–H and O–H groups in total. The second-order valence-corrected chi connectivity index (χ2v) is 12.1. The van der Waals surface area contributed by atoms with Crippen LogP contribution in [0, 0.1) is 33.6 Å². The topological polar surface area (TPSA) is 21.7 Å². The molecule has 3 aromatic carbocycles. The van der Waals surface area contributed by atoms with Gasteiger partial charge in [-0.3, -0.25) is 0 Å². The molecule has 4 rings (SSSR count). The van der Waals surface area contributed by atoms with E-state index in [1.807, 2.05) is 0 Å². The fourth-order valence-corrected chi connectivity index (χ4v) is 8.60. The van der Waals surface area contributed by atoms with Crippen molar-refractivity contribution in [3.8, 4) is 11.5 Å². The van der Waals surface area contributed by atoms with Crippen LogP contribution in [0.3, 0.4) is 0 Å². The molecule has 3 nitrogen and oxygen atoms in total. The Morgan fingerprint density at radius 1 is 0.750 bits per heavy atom. The molecule has 1 unspecified atom stereocenters. The molecule has 1 aliphatic rings. The lowest BCUT2D eigenvalue weighted by Crippen LogP contribution is -2.28. The Hall–Kier alpha value is -2.87. The fourth-order valence-electron chi connectivity index (χ4n) is 5.66. The molecular weight excluding hydrogens is 461 g/mol. The van der Waals surface area contributed by atoms with E-state index in [1.165, 1.54) is 43.7 Å². The Balaban J connectivity index is 1.91. The number of ether oxygens (including phenoxy) is 2. The summed E-state index contributed by atoms with van der Waals surface area (Å²) in [6, 6.07) is 20.4. The normalized spacial score (nSPS) is 15.9. The van der Waals surface area contributed by atoms with Crippen molar-refractivity contribution in [1.82, 2.24) is 4.90 Å². The number of benzene rings is 3. The highest BCUT2D eigenvalue weighted by molar-refractivity contribution is 7.76. The summed E-state index contributed by atoms with van der Waals surface area (Å²) >= 11 is 0. The summed E-state index contributed by atoms with van der Waals surface area (Å²) in [5.41, 5.74) is 6.05. The predicted molar refractivity (Wildman–Crippen MR) is 155 cm³/mol. The lowest BCUT2D eigenvalue weighted by Gasteiger charge is -2.35. The molecule has 0 aliphatic heterocycles. The monoisotopic (exact) mass is 499 g/mol. The number of nitrogens with zero attached hydrogens (tertiary/aromatic N) is 1. The standard InChI is InChI=1S/C32H38NO2P/c1-21-17-26(18-22(2)31(21)34-7)36(27-19-23(3)32(35-8)24(4)20-27)29-16-12-15-28(29)30(33(5)6)25-13-10-9-11-14-25/h9-20,28,30H,1-8H3/t28?,30-/m0/s1. The van der Waals surface area contributed by atoms with Crippen LogP contribution in [0.2, 0.25) is 0 Å². The Morgan fingerprint density at radius 3 is 1.64 bits per heavy atom. The van der Waals surface area contributed by atoms with Gasteiger partial charge in [-0.05, 0) is 118 Å². The molecule has 2 atom stereocenters. The third-order valence-corrected chi connectivity index (χ3v) is 9.55. The van der Waals surface area contributed by atoms with Gasteiger partial charge in [-0.1, -0.05) is 48.6 Å². The zero-order valence-corrected chi connectivity index (χ0v) is 23.7. The van der Waals surface area contributed by atoms with Gasteiger partial charge in [-0.2, -0.15) is 0 Å². The summed E-state index contributed by atoms with van der Waals surface area (Å²) < 4.78 is 11.4. The molecule has 0 spiro atoms. The van der Waals surface area contributed by atoms with Gasteiger partial charge in [0.15, 0.2) is 0 Å². The molecule has 0 amide bonds. The van der Waals surface area contributed by atoms with E-state index < -0.39 is 7.92 Å². The summed E-state index contributed by atoms with van der Waals surface area (Å²) in [5, 5.41) is 4.19. The van der Waals surface area contributed by atoms with Crippen LogP contribution in [0.4, 0.5) is 0 Å². The van der Waals surface area contributed by atoms with Gasteiger partial charge in [-0.25, -0.2) is 0 Å². The zero-order valence-electron chi connectivity index (χ0n) is 22.8. The average molecular weight is 500 g/mol. The smallest absolute Gasteiger partial charge is 0.124 e. The van der Waals surface area contributed by atoms with Crippen LogP contribution in [0.25, 0.3) is 0 Å². The number of aryl methyl sites for hydroxylation is 4. The lowest BCUT2D eigenvalue weighted by atomic mass is 9.93. The molecule has 3 aromatic rings. The Labute approximate surface area is 218 Å². The minimum atomic E-state index is -0.778. The van der Waals surface area contributed by atoms with Gasteiger partial charge in [0.1, 0.15) is 11.5 Å². The molecule has 0 saturated heterocycles. The number of allylic oxidation sites excluding steroid dienone is 2. The first kappa shape index (κ1) is 26.2. The van der Waals surface area contributed by atoms with Crippen molar-refractivity contribution in [3.05, 3.63) is 106 Å². The molecule has 0 heterocycles. The highest BCUT2D eigenvalue weighted by Gasteiger charge is 2.34. The van der Waals surface area contributed by atoms with E-state index in [9.17, 15) is 0 Å². The average Bonchev–Trinajstić information content (AvgIpc) is 3.28. The molecule has 0 fully saturated rings. The van der Waals surface area contributed by atoms with Crippen molar-refractivity contribution in [2.24, 2.45) is 5.92 Å². The first-order valence-electron chi connectivity index (χ1n) is 12.5. The van der Waals surface area contributed by atoms with Crippen LogP contribution in [0.15, 0.2) is 78.1 Å². The number of rotatable bonds is 8. The Kier molecular flexibility index (Phi) is 8.03. The molecule has 0 saturated carbocycles. The van der Waals surface area contributed by atoms with E-state index in [4.69, 9.17) is 9.47 Å². The Bertz CT molecular complexity index is 1190. The van der Waals surface area contributed by atoms with Crippen molar-refractivity contribution in [3.63, 3.8) is 0 Å². The van der Waals surface area contributed by atoms with Crippen LogP contribution >= 0.6 is 7.92 Å². The summed E-state index contributed by atoms with van der Waals surface area (Å²) in [6.45, 7) is 8.61. The van der Waals surface area contributed by atoms with Gasteiger partial charge in [0, 0.05) is 12.0 Å². The van der Waals surface area contributed by atoms with Crippen LogP contribution in [0.1, 0.15) is 33.9 Å². The highest BCUT2D eigenvalue weighted by atomic mass is 31.1. The van der Waals surface area contributed by atoms with Crippen molar-refractivity contribution in [2.75, 3.05) is 28.3 Å². The van der Waals surface area contributed by atoms with Crippen LogP contribution < -0.4 is 20.1 Å². The van der Waals surface area contributed by atoms with Gasteiger partial charge in [0.2, 0.25) is 0 Å². The van der Waals surface area contributed by atoms with Crippen LogP contribution in [-0.2, 0) is 0 Å². The molecule has 36 heavy (non-hydrogen) atoms. The van der Waals surface area contributed by atoms with Crippen molar-refractivity contribution in [2.45, 2.75) is 33.7 Å². The van der Waals surface area contributed by atoms with Crippen LogP contribution in [-0.4, -0.2) is 33.2 Å². The van der Waals surface area contributed by atoms with Gasteiger partial charge in [0.25, 0.3) is 0 Å². The van der Waals surface area contributed by atoms with Crippen LogP contribution in [0.5, 0.6) is 11.5 Å². The molecule has 188 valence electrons. The van der Waals surface area contributed by atoms with Gasteiger partial charge in [0.05, 0.1) is 14.2 Å². The van der Waals surface area contributed by atoms with E-state index in [0.717, 1.165) is 11.5 Å². The van der Waals surface area contributed by atoms with Crippen molar-refractivity contribution < 1.29 is 9.47 Å². The third-order valence-electron chi connectivity index (χ3n) is 7.04. The maximum Gasteiger partial charge on any atom is 0.124 e. The number of hydrogen-bond donors (Lipinski definition) is 0. The second-order valence-electron chi connectivity index (χ2n) is 9.88. The Morgan fingerprint density at radius 2 is 1.22 bits per heavy atom. The molecular formula is C32H38NO2P. The van der Waals surface area contributed by atoms with Crippen molar-refractivity contribution in [1.29, 1.82) is 0 Å². The summed E-state index contributed by atoms with van der Waals surface area (Å²) in [5.74, 6) is 2.22. The minimum Gasteiger partial charge on any atom is -0.496 e. The number of methoxy groups -OCH3 is 2.